The largest absolute Gasteiger partial charge is 0.463 e. The molecule has 2 aromatic rings. The van der Waals surface area contributed by atoms with Crippen LogP contribution in [-0.4, -0.2) is 10.9 Å². The van der Waals surface area contributed by atoms with E-state index in [9.17, 15) is 4.79 Å². The number of fused-ring (bicyclic) bond motifs is 2. The molecule has 4 nitrogen and oxygen atoms in total. The summed E-state index contributed by atoms with van der Waals surface area (Å²) in [6.07, 6.45) is 10.00. The molecule has 1 saturated carbocycles. The van der Waals surface area contributed by atoms with Crippen molar-refractivity contribution in [1.29, 1.82) is 0 Å². The van der Waals surface area contributed by atoms with Gasteiger partial charge in [0.15, 0.2) is 5.76 Å². The van der Waals surface area contributed by atoms with Gasteiger partial charge in [0, 0.05) is 18.7 Å². The van der Waals surface area contributed by atoms with Crippen LogP contribution in [-0.2, 0) is 11.3 Å². The summed E-state index contributed by atoms with van der Waals surface area (Å²) in [4.78, 5) is 16.6. The Kier molecular flexibility index (Phi) is 3.29. The van der Waals surface area contributed by atoms with Gasteiger partial charge in [0.1, 0.15) is 5.69 Å². The Morgan fingerprint density at radius 3 is 3.00 bits per heavy atom. The molecule has 2 aliphatic rings. The molecule has 4 heteroatoms. The molecule has 4 rings (SSSR count). The summed E-state index contributed by atoms with van der Waals surface area (Å²) in [5.41, 5.74) is 1.83. The van der Waals surface area contributed by atoms with Crippen LogP contribution in [0.4, 0.5) is 0 Å². The van der Waals surface area contributed by atoms with E-state index in [4.69, 9.17) is 4.42 Å². The van der Waals surface area contributed by atoms with Crippen LogP contribution >= 0.6 is 0 Å². The third-order valence-corrected chi connectivity index (χ3v) is 4.68. The van der Waals surface area contributed by atoms with Crippen molar-refractivity contribution in [3.8, 4) is 11.5 Å². The minimum Gasteiger partial charge on any atom is -0.463 e. The van der Waals surface area contributed by atoms with Gasteiger partial charge in [0.2, 0.25) is 5.91 Å². The monoisotopic (exact) mass is 294 g/mol. The van der Waals surface area contributed by atoms with E-state index >= 15 is 0 Å². The Morgan fingerprint density at radius 2 is 2.27 bits per heavy atom. The molecule has 2 bridgehead atoms. The number of furan rings is 1. The second-order valence-corrected chi connectivity index (χ2v) is 6.13. The number of allylic oxidation sites excluding steroid dienone is 2. The first-order valence-electron chi connectivity index (χ1n) is 7.74. The van der Waals surface area contributed by atoms with Crippen LogP contribution in [0.3, 0.4) is 0 Å². The van der Waals surface area contributed by atoms with Crippen LogP contribution < -0.4 is 5.32 Å². The predicted octanol–water partition coefficient (Wildman–Crippen LogP) is 3.17. The van der Waals surface area contributed by atoms with Crippen molar-refractivity contribution < 1.29 is 9.21 Å². The van der Waals surface area contributed by atoms with Crippen molar-refractivity contribution in [1.82, 2.24) is 10.3 Å². The summed E-state index contributed by atoms with van der Waals surface area (Å²) in [6.45, 7) is 0.534. The van der Waals surface area contributed by atoms with Gasteiger partial charge in [-0.05, 0) is 54.5 Å². The molecule has 1 amide bonds. The minimum absolute atomic E-state index is 0.154. The molecule has 3 atom stereocenters. The van der Waals surface area contributed by atoms with E-state index in [2.05, 4.69) is 22.5 Å². The SMILES string of the molecule is O=C(NCc1ccnc(-c2ccco2)c1)C1CC2C=CC1C2. The molecule has 1 N–H and O–H groups in total. The standard InChI is InChI=1S/C18H18N2O2/c21-18(15-9-12-3-4-14(15)8-12)20-11-13-5-6-19-16(10-13)17-2-1-7-22-17/h1-7,10,12,14-15H,8-9,11H2,(H,20,21). The highest BCUT2D eigenvalue weighted by molar-refractivity contribution is 5.80. The first kappa shape index (κ1) is 13.3. The number of hydrogen-bond acceptors (Lipinski definition) is 3. The zero-order chi connectivity index (χ0) is 14.9. The van der Waals surface area contributed by atoms with Gasteiger partial charge in [0.05, 0.1) is 6.26 Å². The maximum absolute atomic E-state index is 12.3. The van der Waals surface area contributed by atoms with E-state index in [1.54, 1.807) is 12.5 Å². The van der Waals surface area contributed by atoms with Gasteiger partial charge in [-0.1, -0.05) is 12.2 Å². The second-order valence-electron chi connectivity index (χ2n) is 6.13. The number of carbonyl (C=O) groups is 1. The third-order valence-electron chi connectivity index (χ3n) is 4.68. The van der Waals surface area contributed by atoms with Crippen molar-refractivity contribution in [2.45, 2.75) is 19.4 Å². The molecular weight excluding hydrogens is 276 g/mol. The van der Waals surface area contributed by atoms with Crippen molar-refractivity contribution >= 4 is 5.91 Å². The van der Waals surface area contributed by atoms with Gasteiger partial charge in [-0.15, -0.1) is 0 Å². The highest BCUT2D eigenvalue weighted by atomic mass is 16.3. The molecule has 0 spiro atoms. The molecule has 2 heterocycles. The number of carbonyl (C=O) groups excluding carboxylic acids is 1. The first-order valence-corrected chi connectivity index (χ1v) is 7.74. The summed E-state index contributed by atoms with van der Waals surface area (Å²) in [7, 11) is 0. The van der Waals surface area contributed by atoms with E-state index in [0.29, 0.717) is 18.4 Å². The number of nitrogens with zero attached hydrogens (tertiary/aromatic N) is 1. The molecule has 1 fully saturated rings. The molecule has 22 heavy (non-hydrogen) atoms. The zero-order valence-electron chi connectivity index (χ0n) is 12.2. The molecule has 0 saturated heterocycles. The average molecular weight is 294 g/mol. The molecule has 0 aliphatic heterocycles. The number of aromatic nitrogens is 1. The molecule has 0 radical (unpaired) electrons. The summed E-state index contributed by atoms with van der Waals surface area (Å²) < 4.78 is 5.36. The quantitative estimate of drug-likeness (QED) is 0.881. The van der Waals surface area contributed by atoms with Gasteiger partial charge in [-0.2, -0.15) is 0 Å². The molecule has 2 aliphatic carbocycles. The number of nitrogens with one attached hydrogen (secondary N) is 1. The smallest absolute Gasteiger partial charge is 0.223 e. The summed E-state index contributed by atoms with van der Waals surface area (Å²) in [6, 6.07) is 7.60. The lowest BCUT2D eigenvalue weighted by Crippen LogP contribution is -2.32. The fraction of sp³-hybridized carbons (Fsp3) is 0.333. The van der Waals surface area contributed by atoms with Crippen LogP contribution in [0.1, 0.15) is 18.4 Å². The topological polar surface area (TPSA) is 55.1 Å². The van der Waals surface area contributed by atoms with E-state index in [1.165, 1.54) is 0 Å². The Balaban J connectivity index is 1.41. The fourth-order valence-electron chi connectivity index (χ4n) is 3.55. The van der Waals surface area contributed by atoms with Crippen molar-refractivity contribution in [3.63, 3.8) is 0 Å². The molecule has 0 aromatic carbocycles. The second kappa shape index (κ2) is 5.44. The highest BCUT2D eigenvalue weighted by Crippen LogP contribution is 2.43. The minimum atomic E-state index is 0.154. The average Bonchev–Trinajstić information content (AvgIpc) is 3.29. The molecule has 3 unspecified atom stereocenters. The summed E-state index contributed by atoms with van der Waals surface area (Å²) in [5.74, 6) is 2.13. The van der Waals surface area contributed by atoms with Gasteiger partial charge < -0.3 is 9.73 Å². The van der Waals surface area contributed by atoms with Crippen LogP contribution in [0.25, 0.3) is 11.5 Å². The molecular formula is C18H18N2O2. The van der Waals surface area contributed by atoms with Gasteiger partial charge in [0.25, 0.3) is 0 Å². The Labute approximate surface area is 129 Å². The lowest BCUT2D eigenvalue weighted by Gasteiger charge is -2.17. The predicted molar refractivity (Wildman–Crippen MR) is 82.6 cm³/mol. The van der Waals surface area contributed by atoms with Crippen molar-refractivity contribution in [2.75, 3.05) is 0 Å². The summed E-state index contributed by atoms with van der Waals surface area (Å²) in [5, 5.41) is 3.07. The first-order chi connectivity index (χ1) is 10.8. The Morgan fingerprint density at radius 1 is 1.32 bits per heavy atom. The highest BCUT2D eigenvalue weighted by Gasteiger charge is 2.39. The van der Waals surface area contributed by atoms with Gasteiger partial charge in [-0.3, -0.25) is 9.78 Å². The molecule has 2 aromatic heterocycles. The van der Waals surface area contributed by atoms with E-state index < -0.39 is 0 Å². The number of hydrogen-bond donors (Lipinski definition) is 1. The van der Waals surface area contributed by atoms with E-state index in [1.807, 2.05) is 24.3 Å². The van der Waals surface area contributed by atoms with Crippen LogP contribution in [0.5, 0.6) is 0 Å². The maximum atomic E-state index is 12.3. The van der Waals surface area contributed by atoms with Crippen molar-refractivity contribution in [2.24, 2.45) is 17.8 Å². The lowest BCUT2D eigenvalue weighted by molar-refractivity contribution is -0.125. The third kappa shape index (κ3) is 2.45. The van der Waals surface area contributed by atoms with Crippen LogP contribution in [0, 0.1) is 17.8 Å². The number of rotatable bonds is 4. The Hall–Kier alpha value is -2.36. The van der Waals surface area contributed by atoms with Crippen LogP contribution in [0.2, 0.25) is 0 Å². The fourth-order valence-corrected chi connectivity index (χ4v) is 3.55. The van der Waals surface area contributed by atoms with Crippen molar-refractivity contribution in [3.05, 3.63) is 54.4 Å². The Bertz CT molecular complexity index is 706. The normalized spacial score (nSPS) is 25.5. The van der Waals surface area contributed by atoms with E-state index in [0.717, 1.165) is 29.9 Å². The van der Waals surface area contributed by atoms with Gasteiger partial charge >= 0.3 is 0 Å². The maximum Gasteiger partial charge on any atom is 0.223 e. The number of amides is 1. The lowest BCUT2D eigenvalue weighted by atomic mass is 9.93. The van der Waals surface area contributed by atoms with E-state index in [-0.39, 0.29) is 11.8 Å². The van der Waals surface area contributed by atoms with Crippen LogP contribution in [0.15, 0.2) is 53.3 Å². The summed E-state index contributed by atoms with van der Waals surface area (Å²) >= 11 is 0. The molecule has 112 valence electrons. The zero-order valence-corrected chi connectivity index (χ0v) is 12.2. The van der Waals surface area contributed by atoms with Gasteiger partial charge in [-0.25, -0.2) is 0 Å². The number of pyridine rings is 1.